The third-order valence-electron chi connectivity index (χ3n) is 4.21. The minimum absolute atomic E-state index is 0.00738. The first-order chi connectivity index (χ1) is 9.68. The number of alkyl halides is 1. The average Bonchev–Trinajstić information content (AvgIpc) is 2.90. The molecule has 0 saturated heterocycles. The monoisotopic (exact) mass is 276 g/mol. The molecule has 1 spiro atoms. The van der Waals surface area contributed by atoms with E-state index in [0.717, 1.165) is 12.8 Å². The predicted octanol–water partition coefficient (Wildman–Crippen LogP) is 2.05. The van der Waals surface area contributed by atoms with E-state index < -0.39 is 12.2 Å². The van der Waals surface area contributed by atoms with E-state index in [4.69, 9.17) is 0 Å². The van der Waals surface area contributed by atoms with Crippen LogP contribution in [0.25, 0.3) is 0 Å². The molecule has 5 heteroatoms. The van der Waals surface area contributed by atoms with E-state index in [1.165, 1.54) is 4.90 Å². The standard InChI is InChI=1S/C15H17FN2O2/c16-9-10-18-12-6-2-1-5-11(12)13(19)17-15(14(18)20)7-3-4-8-15/h1-2,5-6H,3-4,7-10H2,(H,17,19). The van der Waals surface area contributed by atoms with Crippen molar-refractivity contribution in [3.63, 3.8) is 0 Å². The highest BCUT2D eigenvalue weighted by atomic mass is 19.1. The molecular weight excluding hydrogens is 259 g/mol. The van der Waals surface area contributed by atoms with Gasteiger partial charge >= 0.3 is 0 Å². The van der Waals surface area contributed by atoms with Gasteiger partial charge in [-0.1, -0.05) is 25.0 Å². The molecule has 1 aliphatic carbocycles. The zero-order valence-electron chi connectivity index (χ0n) is 11.2. The van der Waals surface area contributed by atoms with Gasteiger partial charge in [0.1, 0.15) is 12.2 Å². The van der Waals surface area contributed by atoms with Crippen LogP contribution in [-0.2, 0) is 4.79 Å². The van der Waals surface area contributed by atoms with Crippen molar-refractivity contribution in [3.8, 4) is 0 Å². The summed E-state index contributed by atoms with van der Waals surface area (Å²) in [6, 6.07) is 6.90. The zero-order valence-corrected chi connectivity index (χ0v) is 11.2. The van der Waals surface area contributed by atoms with Crippen LogP contribution < -0.4 is 10.2 Å². The third-order valence-corrected chi connectivity index (χ3v) is 4.21. The fourth-order valence-corrected chi connectivity index (χ4v) is 3.23. The minimum atomic E-state index is -0.842. The van der Waals surface area contributed by atoms with Crippen LogP contribution in [0, 0.1) is 0 Å². The van der Waals surface area contributed by atoms with Gasteiger partial charge in [0, 0.05) is 0 Å². The fraction of sp³-hybridized carbons (Fsp3) is 0.467. The van der Waals surface area contributed by atoms with Crippen molar-refractivity contribution in [2.75, 3.05) is 18.1 Å². The van der Waals surface area contributed by atoms with E-state index in [1.54, 1.807) is 24.3 Å². The highest BCUT2D eigenvalue weighted by Gasteiger charge is 2.47. The van der Waals surface area contributed by atoms with E-state index in [9.17, 15) is 14.0 Å². The zero-order chi connectivity index (χ0) is 14.2. The van der Waals surface area contributed by atoms with Crippen LogP contribution in [0.2, 0.25) is 0 Å². The first-order valence-corrected chi connectivity index (χ1v) is 6.97. The summed E-state index contributed by atoms with van der Waals surface area (Å²) in [6.45, 7) is -0.628. The van der Waals surface area contributed by atoms with Gasteiger partial charge in [0.25, 0.3) is 11.8 Å². The summed E-state index contributed by atoms with van der Waals surface area (Å²) in [5, 5.41) is 2.90. The van der Waals surface area contributed by atoms with Crippen LogP contribution in [-0.4, -0.2) is 30.6 Å². The number of benzene rings is 1. The number of nitrogens with one attached hydrogen (secondary N) is 1. The van der Waals surface area contributed by atoms with Crippen LogP contribution in [0.15, 0.2) is 24.3 Å². The summed E-state index contributed by atoms with van der Waals surface area (Å²) in [5.74, 6) is -0.414. The summed E-state index contributed by atoms with van der Waals surface area (Å²) in [4.78, 5) is 26.6. The van der Waals surface area contributed by atoms with E-state index in [1.807, 2.05) is 0 Å². The Balaban J connectivity index is 2.11. The number of nitrogens with zero attached hydrogens (tertiary/aromatic N) is 1. The maximum absolute atomic E-state index is 12.9. The molecule has 3 rings (SSSR count). The lowest BCUT2D eigenvalue weighted by molar-refractivity contribution is -0.124. The second-order valence-electron chi connectivity index (χ2n) is 5.41. The van der Waals surface area contributed by atoms with Gasteiger partial charge in [-0.3, -0.25) is 9.59 Å². The lowest BCUT2D eigenvalue weighted by Gasteiger charge is -2.31. The van der Waals surface area contributed by atoms with Gasteiger partial charge in [-0.05, 0) is 25.0 Å². The minimum Gasteiger partial charge on any atom is -0.338 e. The van der Waals surface area contributed by atoms with Crippen molar-refractivity contribution in [1.82, 2.24) is 5.32 Å². The summed E-state index contributed by atoms with van der Waals surface area (Å²) in [7, 11) is 0. The molecule has 0 aromatic heterocycles. The number of halogens is 1. The highest BCUT2D eigenvalue weighted by molar-refractivity contribution is 6.12. The largest absolute Gasteiger partial charge is 0.338 e. The second-order valence-corrected chi connectivity index (χ2v) is 5.41. The smallest absolute Gasteiger partial charge is 0.254 e. The van der Waals surface area contributed by atoms with Gasteiger partial charge in [0.2, 0.25) is 0 Å². The SMILES string of the molecule is O=C1NC2(CCCC2)C(=O)N(CCF)c2ccccc21. The van der Waals surface area contributed by atoms with Crippen LogP contribution in [0.5, 0.6) is 0 Å². The molecule has 0 radical (unpaired) electrons. The Labute approximate surface area is 117 Å². The van der Waals surface area contributed by atoms with E-state index in [0.29, 0.717) is 24.1 Å². The molecule has 2 aliphatic rings. The molecule has 0 atom stereocenters. The van der Waals surface area contributed by atoms with Crippen molar-refractivity contribution >= 4 is 17.5 Å². The summed E-state index contributed by atoms with van der Waals surface area (Å²) in [5.41, 5.74) is 0.111. The maximum atomic E-state index is 12.9. The number of anilines is 1. The number of para-hydroxylation sites is 1. The molecule has 1 aromatic rings. The second kappa shape index (κ2) is 4.89. The molecule has 106 valence electrons. The first kappa shape index (κ1) is 13.1. The number of hydrogen-bond donors (Lipinski definition) is 1. The number of fused-ring (bicyclic) bond motifs is 1. The molecule has 4 nitrogen and oxygen atoms in total. The molecule has 1 fully saturated rings. The number of rotatable bonds is 2. The van der Waals surface area contributed by atoms with E-state index in [2.05, 4.69) is 5.32 Å². The maximum Gasteiger partial charge on any atom is 0.254 e. The fourth-order valence-electron chi connectivity index (χ4n) is 3.23. The predicted molar refractivity (Wildman–Crippen MR) is 73.4 cm³/mol. The van der Waals surface area contributed by atoms with Crippen molar-refractivity contribution in [3.05, 3.63) is 29.8 Å². The Kier molecular flexibility index (Phi) is 3.20. The topological polar surface area (TPSA) is 49.4 Å². The molecule has 1 aromatic carbocycles. The van der Waals surface area contributed by atoms with Crippen LogP contribution in [0.3, 0.4) is 0 Å². The van der Waals surface area contributed by atoms with Crippen molar-refractivity contribution in [2.45, 2.75) is 31.2 Å². The van der Waals surface area contributed by atoms with Crippen LogP contribution in [0.1, 0.15) is 36.0 Å². The number of amides is 2. The lowest BCUT2D eigenvalue weighted by Crippen LogP contribution is -2.56. The molecule has 2 amide bonds. The van der Waals surface area contributed by atoms with E-state index in [-0.39, 0.29) is 18.4 Å². The van der Waals surface area contributed by atoms with Gasteiger partial charge in [-0.15, -0.1) is 0 Å². The Morgan fingerprint density at radius 3 is 2.60 bits per heavy atom. The third kappa shape index (κ3) is 1.88. The number of carbonyl (C=O) groups is 2. The highest BCUT2D eigenvalue weighted by Crippen LogP contribution is 2.36. The van der Waals surface area contributed by atoms with Crippen molar-refractivity contribution in [2.24, 2.45) is 0 Å². The molecule has 1 aliphatic heterocycles. The summed E-state index contributed by atoms with van der Waals surface area (Å²) in [6.07, 6.45) is 3.08. The molecule has 1 N–H and O–H groups in total. The summed E-state index contributed by atoms with van der Waals surface area (Å²) < 4.78 is 12.9. The Bertz CT molecular complexity index is 553. The molecule has 0 bridgehead atoms. The summed E-state index contributed by atoms with van der Waals surface area (Å²) >= 11 is 0. The van der Waals surface area contributed by atoms with Gasteiger partial charge in [-0.2, -0.15) is 0 Å². The molecule has 20 heavy (non-hydrogen) atoms. The van der Waals surface area contributed by atoms with Crippen LogP contribution in [0.4, 0.5) is 10.1 Å². The normalized spacial score (nSPS) is 20.8. The quantitative estimate of drug-likeness (QED) is 0.898. The Morgan fingerprint density at radius 1 is 1.20 bits per heavy atom. The van der Waals surface area contributed by atoms with Gasteiger partial charge in [-0.25, -0.2) is 4.39 Å². The van der Waals surface area contributed by atoms with Crippen molar-refractivity contribution in [1.29, 1.82) is 0 Å². The lowest BCUT2D eigenvalue weighted by atomic mass is 9.95. The molecule has 1 heterocycles. The Hall–Kier alpha value is -1.91. The van der Waals surface area contributed by atoms with Crippen LogP contribution >= 0.6 is 0 Å². The van der Waals surface area contributed by atoms with Gasteiger partial charge in [0.15, 0.2) is 0 Å². The van der Waals surface area contributed by atoms with Gasteiger partial charge < -0.3 is 10.2 Å². The average molecular weight is 276 g/mol. The first-order valence-electron chi connectivity index (χ1n) is 6.97. The van der Waals surface area contributed by atoms with E-state index >= 15 is 0 Å². The Morgan fingerprint density at radius 2 is 1.90 bits per heavy atom. The van der Waals surface area contributed by atoms with Gasteiger partial charge in [0.05, 0.1) is 17.8 Å². The number of hydrogen-bond acceptors (Lipinski definition) is 2. The van der Waals surface area contributed by atoms with Crippen molar-refractivity contribution < 1.29 is 14.0 Å². The molecule has 1 saturated carbocycles. The number of carbonyl (C=O) groups excluding carboxylic acids is 2. The molecule has 0 unspecified atom stereocenters. The molecular formula is C15H17FN2O2.